The summed E-state index contributed by atoms with van der Waals surface area (Å²) < 4.78 is 0. The third kappa shape index (κ3) is 5.46. The van der Waals surface area contributed by atoms with Crippen LogP contribution in [-0.2, 0) is 14.4 Å². The predicted octanol–water partition coefficient (Wildman–Crippen LogP) is 1.43. The number of Topliss-reactive ketones (excluding diaryl/α,β-unsaturated/α-hetero) is 2. The van der Waals surface area contributed by atoms with Crippen molar-refractivity contribution in [3.8, 4) is 0 Å². The van der Waals surface area contributed by atoms with Crippen molar-refractivity contribution in [2.24, 2.45) is 22.2 Å². The van der Waals surface area contributed by atoms with Crippen LogP contribution in [0.1, 0.15) is 40.5 Å². The van der Waals surface area contributed by atoms with Crippen molar-refractivity contribution in [3.63, 3.8) is 0 Å². The molecule has 0 radical (unpaired) electrons. The van der Waals surface area contributed by atoms with Crippen molar-refractivity contribution in [2.75, 3.05) is 39.3 Å². The maximum absolute atomic E-state index is 12.1. The lowest BCUT2D eigenvalue weighted by Crippen LogP contribution is -2.50. The second-order valence-corrected chi connectivity index (χ2v) is 8.30. The molecule has 2 fully saturated rings. The zero-order chi connectivity index (χ0) is 18.6. The molecule has 0 spiro atoms. The van der Waals surface area contributed by atoms with Gasteiger partial charge in [0.25, 0.3) is 0 Å². The van der Waals surface area contributed by atoms with Crippen LogP contribution in [0.3, 0.4) is 0 Å². The number of amides is 1. The molecule has 0 N–H and O–H groups in total. The second-order valence-electron chi connectivity index (χ2n) is 8.30. The van der Waals surface area contributed by atoms with Gasteiger partial charge in [-0.1, -0.05) is 27.7 Å². The molecule has 140 valence electrons. The minimum atomic E-state index is -0.645. The van der Waals surface area contributed by atoms with Crippen LogP contribution in [0.5, 0.6) is 0 Å². The number of rotatable bonds is 5. The molecule has 2 aliphatic rings. The lowest BCUT2D eigenvalue weighted by molar-refractivity contribution is -0.137. The minimum Gasteiger partial charge on any atom is -0.340 e. The molecule has 0 aromatic heterocycles. The molecule has 0 atom stereocenters. The smallest absolute Gasteiger partial charge is 0.225 e. The average molecular weight is 349 g/mol. The molecule has 1 saturated heterocycles. The molecule has 1 heterocycles. The summed E-state index contributed by atoms with van der Waals surface area (Å²) in [7, 11) is 0. The fourth-order valence-electron chi connectivity index (χ4n) is 3.51. The molecular formula is C19H31N3O3. The Morgan fingerprint density at radius 2 is 1.72 bits per heavy atom. The zero-order valence-electron chi connectivity index (χ0n) is 16.0. The normalized spacial score (nSPS) is 23.0. The standard InChI is InChI=1S/C19H31N3O3/c1-14(2)18(25)22-9-7-21(8-10-22)6-5-20-13-15-16(23)11-19(3,4)12-17(15)24/h13-15H,5-12H2,1-4H3. The lowest BCUT2D eigenvalue weighted by Gasteiger charge is -2.35. The first-order valence-electron chi connectivity index (χ1n) is 9.26. The Kier molecular flexibility index (Phi) is 6.49. The van der Waals surface area contributed by atoms with Gasteiger partial charge in [-0.05, 0) is 5.41 Å². The highest BCUT2D eigenvalue weighted by Gasteiger charge is 2.38. The Balaban J connectivity index is 1.73. The van der Waals surface area contributed by atoms with E-state index in [1.165, 1.54) is 0 Å². The van der Waals surface area contributed by atoms with Gasteiger partial charge < -0.3 is 4.90 Å². The van der Waals surface area contributed by atoms with Gasteiger partial charge in [0.1, 0.15) is 17.5 Å². The van der Waals surface area contributed by atoms with Crippen LogP contribution in [0.2, 0.25) is 0 Å². The molecule has 1 aliphatic heterocycles. The third-order valence-corrected chi connectivity index (χ3v) is 4.98. The molecule has 25 heavy (non-hydrogen) atoms. The van der Waals surface area contributed by atoms with Crippen LogP contribution in [0, 0.1) is 17.3 Å². The molecular weight excluding hydrogens is 318 g/mol. The highest BCUT2D eigenvalue weighted by Crippen LogP contribution is 2.33. The Hall–Kier alpha value is -1.56. The van der Waals surface area contributed by atoms with Crippen LogP contribution in [0.15, 0.2) is 4.99 Å². The molecule has 0 bridgehead atoms. The number of aliphatic imine (C=N–C) groups is 1. The highest BCUT2D eigenvalue weighted by atomic mass is 16.2. The first kappa shape index (κ1) is 19.8. The van der Waals surface area contributed by atoms with Crippen molar-refractivity contribution in [1.82, 2.24) is 9.80 Å². The number of piperazine rings is 1. The third-order valence-electron chi connectivity index (χ3n) is 4.98. The summed E-state index contributed by atoms with van der Waals surface area (Å²) in [5.74, 6) is -0.397. The molecule has 1 saturated carbocycles. The maximum atomic E-state index is 12.1. The van der Waals surface area contributed by atoms with Crippen molar-refractivity contribution in [1.29, 1.82) is 0 Å². The number of ketones is 2. The SMILES string of the molecule is CC(C)C(=O)N1CCN(CCN=CC2C(=O)CC(C)(C)CC2=O)CC1. The number of carbonyl (C=O) groups is 3. The fraction of sp³-hybridized carbons (Fsp3) is 0.789. The summed E-state index contributed by atoms with van der Waals surface area (Å²) >= 11 is 0. The first-order chi connectivity index (χ1) is 11.7. The number of carbonyl (C=O) groups excluding carboxylic acids is 3. The van der Waals surface area contributed by atoms with Crippen LogP contribution < -0.4 is 0 Å². The van der Waals surface area contributed by atoms with Gasteiger partial charge in [0.2, 0.25) is 5.91 Å². The second kappa shape index (κ2) is 8.21. The van der Waals surface area contributed by atoms with E-state index in [9.17, 15) is 14.4 Å². The average Bonchev–Trinajstić information content (AvgIpc) is 2.52. The van der Waals surface area contributed by atoms with Crippen molar-refractivity contribution in [3.05, 3.63) is 0 Å². The Labute approximate surface area is 150 Å². The van der Waals surface area contributed by atoms with Crippen LogP contribution in [-0.4, -0.2) is 72.8 Å². The molecule has 0 unspecified atom stereocenters. The zero-order valence-corrected chi connectivity index (χ0v) is 16.0. The van der Waals surface area contributed by atoms with Crippen LogP contribution in [0.4, 0.5) is 0 Å². The molecule has 2 rings (SSSR count). The summed E-state index contributed by atoms with van der Waals surface area (Å²) in [5, 5.41) is 0. The molecule has 6 heteroatoms. The molecule has 1 amide bonds. The van der Waals surface area contributed by atoms with Crippen LogP contribution >= 0.6 is 0 Å². The van der Waals surface area contributed by atoms with Crippen LogP contribution in [0.25, 0.3) is 0 Å². The van der Waals surface area contributed by atoms with Crippen molar-refractivity contribution in [2.45, 2.75) is 40.5 Å². The van der Waals surface area contributed by atoms with Gasteiger partial charge in [0, 0.05) is 57.7 Å². The topological polar surface area (TPSA) is 70.1 Å². The van der Waals surface area contributed by atoms with E-state index in [-0.39, 0.29) is 28.8 Å². The quantitative estimate of drug-likeness (QED) is 0.556. The largest absolute Gasteiger partial charge is 0.340 e. The minimum absolute atomic E-state index is 0.00851. The van der Waals surface area contributed by atoms with E-state index in [0.717, 1.165) is 32.7 Å². The summed E-state index contributed by atoms with van der Waals surface area (Å²) in [6.07, 6.45) is 2.45. The fourth-order valence-corrected chi connectivity index (χ4v) is 3.51. The van der Waals surface area contributed by atoms with E-state index in [2.05, 4.69) is 9.89 Å². The maximum Gasteiger partial charge on any atom is 0.225 e. The molecule has 0 aromatic rings. The van der Waals surface area contributed by atoms with Gasteiger partial charge in [-0.25, -0.2) is 0 Å². The number of hydrogen-bond acceptors (Lipinski definition) is 5. The Morgan fingerprint density at radius 1 is 1.16 bits per heavy atom. The van der Waals surface area contributed by atoms with E-state index >= 15 is 0 Å². The first-order valence-corrected chi connectivity index (χ1v) is 9.26. The van der Waals surface area contributed by atoms with Gasteiger partial charge in [-0.3, -0.25) is 24.3 Å². The monoisotopic (exact) mass is 349 g/mol. The Bertz CT molecular complexity index is 526. The van der Waals surface area contributed by atoms with E-state index in [4.69, 9.17) is 0 Å². The summed E-state index contributed by atoms with van der Waals surface area (Å²) in [4.78, 5) is 44.7. The number of nitrogens with zero attached hydrogens (tertiary/aromatic N) is 3. The van der Waals surface area contributed by atoms with E-state index in [0.29, 0.717) is 19.4 Å². The van der Waals surface area contributed by atoms with Gasteiger partial charge in [-0.2, -0.15) is 0 Å². The number of hydrogen-bond donors (Lipinski definition) is 0. The van der Waals surface area contributed by atoms with Gasteiger partial charge >= 0.3 is 0 Å². The van der Waals surface area contributed by atoms with E-state index in [1.807, 2.05) is 32.6 Å². The lowest BCUT2D eigenvalue weighted by atomic mass is 9.72. The van der Waals surface area contributed by atoms with Crippen molar-refractivity contribution < 1.29 is 14.4 Å². The van der Waals surface area contributed by atoms with Gasteiger partial charge in [0.05, 0.1) is 6.54 Å². The van der Waals surface area contributed by atoms with Crippen molar-refractivity contribution >= 4 is 23.7 Å². The summed E-state index contributed by atoms with van der Waals surface area (Å²) in [5.41, 5.74) is -0.217. The predicted molar refractivity (Wildman–Crippen MR) is 97.7 cm³/mol. The van der Waals surface area contributed by atoms with Gasteiger partial charge in [-0.15, -0.1) is 0 Å². The molecule has 0 aromatic carbocycles. The van der Waals surface area contributed by atoms with Gasteiger partial charge in [0.15, 0.2) is 0 Å². The molecule has 6 nitrogen and oxygen atoms in total. The Morgan fingerprint density at radius 3 is 2.24 bits per heavy atom. The van der Waals surface area contributed by atoms with E-state index < -0.39 is 5.92 Å². The summed E-state index contributed by atoms with van der Waals surface area (Å²) in [6, 6.07) is 0. The summed E-state index contributed by atoms with van der Waals surface area (Å²) in [6.45, 7) is 12.4. The molecule has 1 aliphatic carbocycles. The van der Waals surface area contributed by atoms with E-state index in [1.54, 1.807) is 6.21 Å². The highest BCUT2D eigenvalue weighted by molar-refractivity contribution is 6.16.